The molecule has 0 aliphatic rings. The molecule has 11 heavy (non-hydrogen) atoms. The third-order valence-electron chi connectivity index (χ3n) is 1.55. The molecule has 0 bridgehead atoms. The van der Waals surface area contributed by atoms with Gasteiger partial charge in [0.25, 0.3) is 0 Å². The first-order valence-corrected chi connectivity index (χ1v) is 4.57. The fourth-order valence-corrected chi connectivity index (χ4v) is 1.28. The molecule has 0 amide bonds. The average molecular weight is 166 g/mol. The summed E-state index contributed by atoms with van der Waals surface area (Å²) in [6.45, 7) is 1.97. The molecule has 0 aliphatic carbocycles. The Hall–Kier alpha value is -0.680. The van der Waals surface area contributed by atoms with E-state index < -0.39 is 0 Å². The Morgan fingerprint density at radius 3 is 2.55 bits per heavy atom. The standard InChI is InChI=1S/C9H11OP/c1-8(11-10)7-9-5-3-2-4-6-9/h2-6,8H,7H2,1H3. The summed E-state index contributed by atoms with van der Waals surface area (Å²) in [6.07, 6.45) is 0.895. The van der Waals surface area contributed by atoms with Gasteiger partial charge in [-0.05, 0) is 12.0 Å². The molecule has 1 rings (SSSR count). The summed E-state index contributed by atoms with van der Waals surface area (Å²) in [4.78, 5) is 0. The molecule has 2 heteroatoms. The SMILES string of the molecule is CC(Cc1ccccc1)P=O. The van der Waals surface area contributed by atoms with Crippen LogP contribution in [0.1, 0.15) is 12.5 Å². The number of benzene rings is 1. The van der Waals surface area contributed by atoms with Crippen LogP contribution in [0.5, 0.6) is 0 Å². The van der Waals surface area contributed by atoms with Crippen molar-refractivity contribution < 1.29 is 4.57 Å². The molecular weight excluding hydrogens is 155 g/mol. The molecule has 0 radical (unpaired) electrons. The number of hydrogen-bond acceptors (Lipinski definition) is 1. The minimum atomic E-state index is 0.234. The normalized spacial score (nSPS) is 13.2. The molecular formula is C9H11OP. The van der Waals surface area contributed by atoms with Crippen molar-refractivity contribution in [1.29, 1.82) is 0 Å². The van der Waals surface area contributed by atoms with E-state index in [-0.39, 0.29) is 14.1 Å². The molecule has 1 aromatic carbocycles. The molecule has 0 saturated carbocycles. The molecule has 0 heterocycles. The van der Waals surface area contributed by atoms with Gasteiger partial charge < -0.3 is 0 Å². The van der Waals surface area contributed by atoms with Crippen LogP contribution in [0.15, 0.2) is 30.3 Å². The van der Waals surface area contributed by atoms with E-state index in [2.05, 4.69) is 12.1 Å². The van der Waals surface area contributed by atoms with E-state index in [1.807, 2.05) is 25.1 Å². The molecule has 0 spiro atoms. The van der Waals surface area contributed by atoms with Crippen molar-refractivity contribution in [1.82, 2.24) is 0 Å². The van der Waals surface area contributed by atoms with Crippen LogP contribution in [0.2, 0.25) is 0 Å². The van der Waals surface area contributed by atoms with Crippen molar-refractivity contribution in [3.63, 3.8) is 0 Å². The van der Waals surface area contributed by atoms with E-state index in [1.165, 1.54) is 5.56 Å². The third kappa shape index (κ3) is 2.81. The van der Waals surface area contributed by atoms with Gasteiger partial charge in [0.2, 0.25) is 0 Å². The van der Waals surface area contributed by atoms with E-state index >= 15 is 0 Å². The summed E-state index contributed by atoms with van der Waals surface area (Å²) in [5.41, 5.74) is 1.49. The van der Waals surface area contributed by atoms with Gasteiger partial charge in [-0.3, -0.25) is 4.57 Å². The average Bonchev–Trinajstić information content (AvgIpc) is 2.06. The molecule has 1 unspecified atom stereocenters. The fourth-order valence-electron chi connectivity index (χ4n) is 0.992. The van der Waals surface area contributed by atoms with Crippen LogP contribution in [-0.4, -0.2) is 5.66 Å². The van der Waals surface area contributed by atoms with Crippen molar-refractivity contribution in [3.8, 4) is 0 Å². The Kier molecular flexibility index (Phi) is 3.25. The van der Waals surface area contributed by atoms with Crippen LogP contribution in [0.3, 0.4) is 0 Å². The first kappa shape index (κ1) is 8.42. The summed E-state index contributed by atoms with van der Waals surface area (Å²) in [7, 11) is 0.238. The highest BCUT2D eigenvalue weighted by Crippen LogP contribution is 2.12. The minimum Gasteiger partial charge on any atom is -0.275 e. The predicted molar refractivity (Wildman–Crippen MR) is 47.2 cm³/mol. The zero-order valence-corrected chi connectivity index (χ0v) is 7.42. The van der Waals surface area contributed by atoms with Crippen LogP contribution in [0.25, 0.3) is 0 Å². The lowest BCUT2D eigenvalue weighted by Gasteiger charge is -2.00. The van der Waals surface area contributed by atoms with Crippen molar-refractivity contribution in [2.45, 2.75) is 19.0 Å². The van der Waals surface area contributed by atoms with Gasteiger partial charge in [-0.2, -0.15) is 0 Å². The van der Waals surface area contributed by atoms with Crippen molar-refractivity contribution in [3.05, 3.63) is 35.9 Å². The summed E-state index contributed by atoms with van der Waals surface area (Å²) in [5.74, 6) is 0. The molecule has 0 aromatic heterocycles. The second-order valence-corrected chi connectivity index (χ2v) is 3.74. The second-order valence-electron chi connectivity index (χ2n) is 2.64. The summed E-state index contributed by atoms with van der Waals surface area (Å²) >= 11 is 0. The molecule has 58 valence electrons. The smallest absolute Gasteiger partial charge is 0.158 e. The molecule has 1 nitrogen and oxygen atoms in total. The Balaban J connectivity index is 2.57. The van der Waals surface area contributed by atoms with Crippen molar-refractivity contribution in [2.24, 2.45) is 0 Å². The van der Waals surface area contributed by atoms with Crippen molar-refractivity contribution >= 4 is 8.46 Å². The van der Waals surface area contributed by atoms with Crippen LogP contribution >= 0.6 is 8.46 Å². The Labute approximate surface area is 68.6 Å². The zero-order chi connectivity index (χ0) is 8.10. The Morgan fingerprint density at radius 1 is 1.36 bits per heavy atom. The quantitative estimate of drug-likeness (QED) is 0.631. The maximum absolute atomic E-state index is 10.4. The predicted octanol–water partition coefficient (Wildman–Crippen LogP) is 2.91. The van der Waals surface area contributed by atoms with Crippen molar-refractivity contribution in [2.75, 3.05) is 0 Å². The highest BCUT2D eigenvalue weighted by Gasteiger charge is 2.00. The monoisotopic (exact) mass is 166 g/mol. The van der Waals surface area contributed by atoms with Gasteiger partial charge in [-0.15, -0.1) is 0 Å². The second kappa shape index (κ2) is 4.25. The summed E-state index contributed by atoms with van der Waals surface area (Å²) in [6, 6.07) is 10.1. The molecule has 1 aromatic rings. The molecule has 0 N–H and O–H groups in total. The first-order chi connectivity index (χ1) is 5.33. The van der Waals surface area contributed by atoms with Crippen LogP contribution in [0.4, 0.5) is 0 Å². The third-order valence-corrected chi connectivity index (χ3v) is 2.10. The van der Waals surface area contributed by atoms with Gasteiger partial charge in [0.15, 0.2) is 8.46 Å². The molecule has 0 aliphatic heterocycles. The summed E-state index contributed by atoms with van der Waals surface area (Å²) in [5, 5.41) is 0. The molecule has 1 atom stereocenters. The van der Waals surface area contributed by atoms with Gasteiger partial charge >= 0.3 is 0 Å². The summed E-state index contributed by atoms with van der Waals surface area (Å²) < 4.78 is 10.4. The van der Waals surface area contributed by atoms with Gasteiger partial charge in [0.1, 0.15) is 0 Å². The molecule has 0 fully saturated rings. The van der Waals surface area contributed by atoms with E-state index in [4.69, 9.17) is 0 Å². The highest BCUT2D eigenvalue weighted by molar-refractivity contribution is 7.24. The van der Waals surface area contributed by atoms with Gasteiger partial charge in [-0.25, -0.2) is 0 Å². The van der Waals surface area contributed by atoms with Crippen LogP contribution in [-0.2, 0) is 11.0 Å². The topological polar surface area (TPSA) is 17.1 Å². The maximum Gasteiger partial charge on any atom is 0.158 e. The highest BCUT2D eigenvalue weighted by atomic mass is 31.1. The van der Waals surface area contributed by atoms with E-state index in [0.29, 0.717) is 0 Å². The van der Waals surface area contributed by atoms with Crippen LogP contribution in [0, 0.1) is 0 Å². The van der Waals surface area contributed by atoms with E-state index in [9.17, 15) is 4.57 Å². The zero-order valence-electron chi connectivity index (χ0n) is 6.53. The largest absolute Gasteiger partial charge is 0.275 e. The number of rotatable bonds is 3. The minimum absolute atomic E-state index is 0.234. The molecule has 0 saturated heterocycles. The fraction of sp³-hybridized carbons (Fsp3) is 0.333. The number of hydrogen-bond donors (Lipinski definition) is 0. The first-order valence-electron chi connectivity index (χ1n) is 3.69. The van der Waals surface area contributed by atoms with Gasteiger partial charge in [-0.1, -0.05) is 37.3 Å². The van der Waals surface area contributed by atoms with Gasteiger partial charge in [0.05, 0.1) is 0 Å². The maximum atomic E-state index is 10.4. The van der Waals surface area contributed by atoms with Crippen LogP contribution < -0.4 is 0 Å². The lowest BCUT2D eigenvalue weighted by atomic mass is 10.1. The van der Waals surface area contributed by atoms with E-state index in [0.717, 1.165) is 6.42 Å². The van der Waals surface area contributed by atoms with Gasteiger partial charge in [0, 0.05) is 5.66 Å². The van der Waals surface area contributed by atoms with E-state index in [1.54, 1.807) is 0 Å². The lowest BCUT2D eigenvalue weighted by molar-refractivity contribution is 0.592. The lowest BCUT2D eigenvalue weighted by Crippen LogP contribution is -1.96. The Bertz CT molecular complexity index is 220. The Morgan fingerprint density at radius 2 is 2.00 bits per heavy atom.